The molecule has 0 aliphatic rings. The zero-order chi connectivity index (χ0) is 34.5. The summed E-state index contributed by atoms with van der Waals surface area (Å²) in [7, 11) is 0. The van der Waals surface area contributed by atoms with Crippen LogP contribution in [0.3, 0.4) is 0 Å². The van der Waals surface area contributed by atoms with Crippen molar-refractivity contribution in [1.82, 2.24) is 0 Å². The average Bonchev–Trinajstić information content (AvgIpc) is 3.02. The summed E-state index contributed by atoms with van der Waals surface area (Å²) in [6.07, 6.45) is 6.43. The number of hydrogen-bond acceptors (Lipinski definition) is 8. The smallest absolute Gasteiger partial charge is 0.336 e. The lowest BCUT2D eigenvalue weighted by molar-refractivity contribution is -0.170. The summed E-state index contributed by atoms with van der Waals surface area (Å²) in [5.74, 6) is -1.63. The Kier molecular flexibility index (Phi) is 22.0. The highest BCUT2D eigenvalue weighted by molar-refractivity contribution is 6.03. The van der Waals surface area contributed by atoms with Crippen molar-refractivity contribution in [2.45, 2.75) is 132 Å². The fourth-order valence-electron chi connectivity index (χ4n) is 5.47. The molecule has 0 amide bonds. The standard InChI is InChI=1S/C36H62O10/c1-9-13-15-29(11-3)23-41-19-21-43-27(7)45-25(5)31-17-18-32(35(37)38)34(36(39)40)33(31)26(6)46-28(8)44-22-20-42-24-30(12-4)16-14-10-2/h17-18,25-30H,9-16,19-24H2,1-8H3,(H,37,38)(H,39,40). The van der Waals surface area contributed by atoms with E-state index < -0.39 is 36.7 Å². The number of benzene rings is 1. The van der Waals surface area contributed by atoms with Gasteiger partial charge in [-0.25, -0.2) is 9.59 Å². The Morgan fingerprint density at radius 3 is 1.57 bits per heavy atom. The van der Waals surface area contributed by atoms with E-state index in [4.69, 9.17) is 28.4 Å². The first-order valence-electron chi connectivity index (χ1n) is 17.3. The van der Waals surface area contributed by atoms with Gasteiger partial charge in [-0.3, -0.25) is 0 Å². The van der Waals surface area contributed by atoms with Gasteiger partial charge in [-0.05, 0) is 64.0 Å². The third-order valence-corrected chi connectivity index (χ3v) is 8.31. The van der Waals surface area contributed by atoms with Crippen LogP contribution in [0, 0.1) is 11.8 Å². The Hall–Kier alpha value is -2.08. The molecule has 0 heterocycles. The zero-order valence-electron chi connectivity index (χ0n) is 29.7. The van der Waals surface area contributed by atoms with E-state index >= 15 is 0 Å². The molecule has 0 spiro atoms. The van der Waals surface area contributed by atoms with E-state index in [-0.39, 0.29) is 16.7 Å². The van der Waals surface area contributed by atoms with Crippen molar-refractivity contribution < 1.29 is 48.2 Å². The third-order valence-electron chi connectivity index (χ3n) is 8.31. The van der Waals surface area contributed by atoms with Gasteiger partial charge in [0.15, 0.2) is 12.6 Å². The minimum absolute atomic E-state index is 0.224. The van der Waals surface area contributed by atoms with Gasteiger partial charge in [0.25, 0.3) is 0 Å². The van der Waals surface area contributed by atoms with E-state index in [1.165, 1.54) is 31.7 Å². The first-order chi connectivity index (χ1) is 22.0. The van der Waals surface area contributed by atoms with E-state index in [1.54, 1.807) is 33.8 Å². The second-order valence-electron chi connectivity index (χ2n) is 12.0. The van der Waals surface area contributed by atoms with Crippen molar-refractivity contribution in [1.29, 1.82) is 0 Å². The number of carboxylic acid groups (broad SMARTS) is 2. The van der Waals surface area contributed by atoms with Crippen molar-refractivity contribution in [2.24, 2.45) is 11.8 Å². The average molecular weight is 655 g/mol. The summed E-state index contributed by atoms with van der Waals surface area (Å²) >= 11 is 0. The van der Waals surface area contributed by atoms with E-state index in [9.17, 15) is 19.8 Å². The van der Waals surface area contributed by atoms with Crippen LogP contribution >= 0.6 is 0 Å². The fourth-order valence-corrected chi connectivity index (χ4v) is 5.47. The number of carbonyl (C=O) groups is 2. The molecule has 266 valence electrons. The summed E-state index contributed by atoms with van der Waals surface area (Å²) < 4.78 is 35.4. The van der Waals surface area contributed by atoms with Gasteiger partial charge in [0.1, 0.15) is 0 Å². The molecule has 0 bridgehead atoms. The summed E-state index contributed by atoms with van der Waals surface area (Å²) in [5, 5.41) is 19.9. The number of rotatable bonds is 28. The minimum atomic E-state index is -1.36. The van der Waals surface area contributed by atoms with Gasteiger partial charge >= 0.3 is 11.9 Å². The van der Waals surface area contributed by atoms with Crippen molar-refractivity contribution in [2.75, 3.05) is 39.6 Å². The second kappa shape index (κ2) is 24.1. The Bertz CT molecular complexity index is 984. The molecule has 1 rings (SSSR count). The van der Waals surface area contributed by atoms with Crippen LogP contribution < -0.4 is 0 Å². The molecule has 0 aromatic heterocycles. The lowest BCUT2D eigenvalue weighted by Gasteiger charge is -2.27. The Morgan fingerprint density at radius 2 is 1.15 bits per heavy atom. The molecule has 0 aliphatic carbocycles. The topological polar surface area (TPSA) is 130 Å². The van der Waals surface area contributed by atoms with E-state index in [0.29, 0.717) is 57.0 Å². The van der Waals surface area contributed by atoms with Crippen molar-refractivity contribution in [3.05, 3.63) is 34.4 Å². The zero-order valence-corrected chi connectivity index (χ0v) is 29.7. The molecular formula is C36H62O10. The molecule has 0 saturated carbocycles. The van der Waals surface area contributed by atoms with Gasteiger partial charge in [-0.15, -0.1) is 0 Å². The van der Waals surface area contributed by atoms with E-state index in [0.717, 1.165) is 25.7 Å². The predicted octanol–water partition coefficient (Wildman–Crippen LogP) is 8.43. The summed E-state index contributed by atoms with van der Waals surface area (Å²) in [5.41, 5.74) is 0.0601. The number of carboxylic acids is 2. The summed E-state index contributed by atoms with van der Waals surface area (Å²) in [4.78, 5) is 24.4. The van der Waals surface area contributed by atoms with Crippen LogP contribution in [0.2, 0.25) is 0 Å². The molecule has 10 nitrogen and oxygen atoms in total. The van der Waals surface area contributed by atoms with Crippen LogP contribution in [0.5, 0.6) is 0 Å². The molecule has 0 saturated heterocycles. The third kappa shape index (κ3) is 15.7. The highest BCUT2D eigenvalue weighted by Gasteiger charge is 2.30. The second-order valence-corrected chi connectivity index (χ2v) is 12.0. The Balaban J connectivity index is 2.87. The van der Waals surface area contributed by atoms with Crippen LogP contribution in [0.4, 0.5) is 0 Å². The maximum absolute atomic E-state index is 12.4. The lowest BCUT2D eigenvalue weighted by Crippen LogP contribution is -2.24. The number of aromatic carboxylic acids is 2. The molecule has 46 heavy (non-hydrogen) atoms. The monoisotopic (exact) mass is 654 g/mol. The van der Waals surface area contributed by atoms with Gasteiger partial charge in [-0.1, -0.05) is 72.3 Å². The molecule has 0 aliphatic heterocycles. The molecule has 2 N–H and O–H groups in total. The Morgan fingerprint density at radius 1 is 0.674 bits per heavy atom. The van der Waals surface area contributed by atoms with Gasteiger partial charge < -0.3 is 38.6 Å². The van der Waals surface area contributed by atoms with Crippen LogP contribution in [0.15, 0.2) is 12.1 Å². The van der Waals surface area contributed by atoms with Crippen LogP contribution in [0.25, 0.3) is 0 Å². The summed E-state index contributed by atoms with van der Waals surface area (Å²) in [6, 6.07) is 2.87. The van der Waals surface area contributed by atoms with Gasteiger partial charge in [0.2, 0.25) is 0 Å². The minimum Gasteiger partial charge on any atom is -0.478 e. The first-order valence-corrected chi connectivity index (χ1v) is 17.3. The van der Waals surface area contributed by atoms with Crippen LogP contribution in [-0.2, 0) is 28.4 Å². The molecule has 1 aromatic rings. The quantitative estimate of drug-likeness (QED) is 0.0671. The Labute approximate surface area is 277 Å². The SMILES string of the molecule is CCCCC(CC)COCCOC(C)OC(C)c1ccc(C(=O)O)c(C(=O)O)c1C(C)OC(C)OCCOCC(CC)CCCC. The van der Waals surface area contributed by atoms with Gasteiger partial charge in [0.05, 0.1) is 49.8 Å². The lowest BCUT2D eigenvalue weighted by atomic mass is 9.90. The normalized spacial score (nSPS) is 15.7. The van der Waals surface area contributed by atoms with Crippen LogP contribution in [0.1, 0.15) is 151 Å². The molecule has 10 heteroatoms. The molecule has 0 radical (unpaired) electrons. The number of hydrogen-bond donors (Lipinski definition) is 2. The predicted molar refractivity (Wildman–Crippen MR) is 178 cm³/mol. The van der Waals surface area contributed by atoms with Crippen molar-refractivity contribution in [3.8, 4) is 0 Å². The largest absolute Gasteiger partial charge is 0.478 e. The van der Waals surface area contributed by atoms with Crippen LogP contribution in [-0.4, -0.2) is 74.4 Å². The van der Waals surface area contributed by atoms with Gasteiger partial charge in [0, 0.05) is 18.8 Å². The van der Waals surface area contributed by atoms with E-state index in [1.807, 2.05) is 0 Å². The molecule has 6 unspecified atom stereocenters. The molecule has 0 fully saturated rings. The van der Waals surface area contributed by atoms with Crippen molar-refractivity contribution >= 4 is 11.9 Å². The fraction of sp³-hybridized carbons (Fsp3) is 0.778. The highest BCUT2D eigenvalue weighted by Crippen LogP contribution is 2.34. The maximum Gasteiger partial charge on any atom is 0.336 e. The van der Waals surface area contributed by atoms with E-state index in [2.05, 4.69) is 27.7 Å². The molecule has 1 aromatic carbocycles. The highest BCUT2D eigenvalue weighted by atomic mass is 16.7. The first kappa shape index (κ1) is 41.9. The number of ether oxygens (including phenoxy) is 6. The molecule has 6 atom stereocenters. The maximum atomic E-state index is 12.4. The van der Waals surface area contributed by atoms with Gasteiger partial charge in [-0.2, -0.15) is 0 Å². The molecular weight excluding hydrogens is 592 g/mol. The summed E-state index contributed by atoms with van der Waals surface area (Å²) in [6.45, 7) is 18.6. The number of unbranched alkanes of at least 4 members (excludes halogenated alkanes) is 2. The van der Waals surface area contributed by atoms with Crippen molar-refractivity contribution in [3.63, 3.8) is 0 Å².